The number of aliphatic hydroxyl groups is 1. The SMILES string of the molecule is Cn1nncc1C(O)COCC(F)(F)C(F)F. The first-order chi connectivity index (χ1) is 7.84. The number of halogens is 4. The van der Waals surface area contributed by atoms with Crippen LogP contribution in [0.5, 0.6) is 0 Å². The summed E-state index contributed by atoms with van der Waals surface area (Å²) in [6.45, 7) is -1.99. The fraction of sp³-hybridized carbons (Fsp3) is 0.750. The molecule has 1 rings (SSSR count). The van der Waals surface area contributed by atoms with Gasteiger partial charge in [-0.2, -0.15) is 8.78 Å². The van der Waals surface area contributed by atoms with Crippen molar-refractivity contribution in [2.75, 3.05) is 13.2 Å². The zero-order valence-corrected chi connectivity index (χ0v) is 8.86. The highest BCUT2D eigenvalue weighted by Crippen LogP contribution is 2.23. The first kappa shape index (κ1) is 13.8. The largest absolute Gasteiger partial charge is 0.384 e. The summed E-state index contributed by atoms with van der Waals surface area (Å²) >= 11 is 0. The molecule has 0 saturated carbocycles. The minimum absolute atomic E-state index is 0.241. The number of hydrogen-bond acceptors (Lipinski definition) is 4. The van der Waals surface area contributed by atoms with Gasteiger partial charge in [-0.3, -0.25) is 0 Å². The molecule has 0 bridgehead atoms. The van der Waals surface area contributed by atoms with Crippen LogP contribution in [0.4, 0.5) is 17.6 Å². The lowest BCUT2D eigenvalue weighted by Gasteiger charge is -2.16. The Hall–Kier alpha value is -1.22. The van der Waals surface area contributed by atoms with E-state index in [0.29, 0.717) is 0 Å². The molecule has 1 unspecified atom stereocenters. The fourth-order valence-corrected chi connectivity index (χ4v) is 1.05. The average molecular weight is 257 g/mol. The van der Waals surface area contributed by atoms with E-state index in [-0.39, 0.29) is 5.69 Å². The van der Waals surface area contributed by atoms with E-state index in [9.17, 15) is 22.7 Å². The van der Waals surface area contributed by atoms with Crippen molar-refractivity contribution >= 4 is 0 Å². The Morgan fingerprint density at radius 3 is 2.65 bits per heavy atom. The topological polar surface area (TPSA) is 60.2 Å². The number of rotatable bonds is 6. The van der Waals surface area contributed by atoms with Crippen LogP contribution in [0, 0.1) is 0 Å². The van der Waals surface area contributed by atoms with Crippen LogP contribution in [-0.2, 0) is 11.8 Å². The number of nitrogens with zero attached hydrogens (tertiary/aromatic N) is 3. The van der Waals surface area contributed by atoms with Gasteiger partial charge in [0.15, 0.2) is 0 Å². The summed E-state index contributed by atoms with van der Waals surface area (Å²) in [6, 6.07) is 0. The minimum Gasteiger partial charge on any atom is -0.384 e. The van der Waals surface area contributed by atoms with Crippen LogP contribution in [0.3, 0.4) is 0 Å². The zero-order valence-electron chi connectivity index (χ0n) is 8.86. The first-order valence-corrected chi connectivity index (χ1v) is 4.61. The lowest BCUT2D eigenvalue weighted by atomic mass is 10.3. The molecule has 5 nitrogen and oxygen atoms in total. The molecule has 0 aliphatic rings. The average Bonchev–Trinajstić information content (AvgIpc) is 2.63. The highest BCUT2D eigenvalue weighted by Gasteiger charge is 2.41. The maximum Gasteiger partial charge on any atom is 0.330 e. The van der Waals surface area contributed by atoms with Crippen molar-refractivity contribution in [2.24, 2.45) is 7.05 Å². The molecule has 0 aromatic carbocycles. The van der Waals surface area contributed by atoms with Gasteiger partial charge in [0, 0.05) is 7.05 Å². The second-order valence-corrected chi connectivity index (χ2v) is 3.38. The zero-order chi connectivity index (χ0) is 13.1. The molecule has 1 N–H and O–H groups in total. The Morgan fingerprint density at radius 1 is 1.53 bits per heavy atom. The molecule has 0 aliphatic carbocycles. The number of aromatic nitrogens is 3. The monoisotopic (exact) mass is 257 g/mol. The highest BCUT2D eigenvalue weighted by atomic mass is 19.3. The standard InChI is InChI=1S/C8H11F4N3O2/c1-15-5(2-13-14-15)6(16)3-17-4-8(11,12)7(9)10/h2,6-7,16H,3-4H2,1H3. The van der Waals surface area contributed by atoms with E-state index in [1.54, 1.807) is 0 Å². The van der Waals surface area contributed by atoms with E-state index in [2.05, 4.69) is 15.0 Å². The van der Waals surface area contributed by atoms with Gasteiger partial charge in [-0.05, 0) is 0 Å². The Kier molecular flexibility index (Phi) is 4.40. The first-order valence-electron chi connectivity index (χ1n) is 4.61. The summed E-state index contributed by atoms with van der Waals surface area (Å²) in [5.74, 6) is -4.22. The van der Waals surface area contributed by atoms with Crippen molar-refractivity contribution in [1.29, 1.82) is 0 Å². The van der Waals surface area contributed by atoms with Crippen LogP contribution in [0.25, 0.3) is 0 Å². The van der Waals surface area contributed by atoms with E-state index < -0.39 is 31.7 Å². The van der Waals surface area contributed by atoms with E-state index >= 15 is 0 Å². The maximum atomic E-state index is 12.4. The van der Waals surface area contributed by atoms with Crippen molar-refractivity contribution in [3.05, 3.63) is 11.9 Å². The molecule has 1 aromatic heterocycles. The molecule has 0 spiro atoms. The third kappa shape index (κ3) is 3.63. The number of hydrogen-bond donors (Lipinski definition) is 1. The minimum atomic E-state index is -4.22. The van der Waals surface area contributed by atoms with Crippen molar-refractivity contribution < 1.29 is 27.4 Å². The van der Waals surface area contributed by atoms with Gasteiger partial charge >= 0.3 is 12.3 Å². The molecule has 0 radical (unpaired) electrons. The molecule has 0 saturated heterocycles. The van der Waals surface area contributed by atoms with Crippen molar-refractivity contribution in [3.8, 4) is 0 Å². The molecule has 0 fully saturated rings. The summed E-state index contributed by atoms with van der Waals surface area (Å²) in [5, 5.41) is 16.4. The maximum absolute atomic E-state index is 12.4. The van der Waals surface area contributed by atoms with Crippen molar-refractivity contribution in [2.45, 2.75) is 18.5 Å². The highest BCUT2D eigenvalue weighted by molar-refractivity contribution is 4.98. The molecule has 1 aromatic rings. The predicted octanol–water partition coefficient (Wildman–Crippen LogP) is 0.766. The Balaban J connectivity index is 2.40. The van der Waals surface area contributed by atoms with Crippen molar-refractivity contribution in [1.82, 2.24) is 15.0 Å². The Bertz CT molecular complexity index is 358. The summed E-state index contributed by atoms with van der Waals surface area (Å²) in [4.78, 5) is 0. The Morgan fingerprint density at radius 2 is 2.18 bits per heavy atom. The summed E-state index contributed by atoms with van der Waals surface area (Å²) in [7, 11) is 1.49. The molecule has 0 aliphatic heterocycles. The van der Waals surface area contributed by atoms with Gasteiger partial charge in [0.05, 0.1) is 18.5 Å². The smallest absolute Gasteiger partial charge is 0.330 e. The summed E-state index contributed by atoms with van der Waals surface area (Å²) in [6.07, 6.45) is -3.82. The van der Waals surface area contributed by atoms with Crippen LogP contribution in [0.1, 0.15) is 11.8 Å². The quantitative estimate of drug-likeness (QED) is 0.764. The second kappa shape index (κ2) is 5.41. The van der Waals surface area contributed by atoms with E-state index in [4.69, 9.17) is 0 Å². The van der Waals surface area contributed by atoms with Crippen LogP contribution in [-0.4, -0.2) is 45.7 Å². The van der Waals surface area contributed by atoms with Crippen LogP contribution >= 0.6 is 0 Å². The second-order valence-electron chi connectivity index (χ2n) is 3.38. The van der Waals surface area contributed by atoms with Gasteiger partial charge in [-0.1, -0.05) is 5.21 Å². The lowest BCUT2D eigenvalue weighted by Crippen LogP contribution is -2.33. The fourth-order valence-electron chi connectivity index (χ4n) is 1.05. The molecule has 9 heteroatoms. The Labute approximate surface area is 94.0 Å². The molecule has 98 valence electrons. The van der Waals surface area contributed by atoms with Gasteiger partial charge in [0.1, 0.15) is 12.7 Å². The van der Waals surface area contributed by atoms with Crippen LogP contribution in [0.2, 0.25) is 0 Å². The molecular formula is C8H11F4N3O2. The third-order valence-electron chi connectivity index (χ3n) is 1.98. The number of aliphatic hydroxyl groups excluding tert-OH is 1. The van der Waals surface area contributed by atoms with Gasteiger partial charge in [-0.15, -0.1) is 5.10 Å². The number of ether oxygens (including phenoxy) is 1. The van der Waals surface area contributed by atoms with Gasteiger partial charge in [-0.25, -0.2) is 13.5 Å². The molecule has 0 amide bonds. The van der Waals surface area contributed by atoms with Gasteiger partial charge in [0.25, 0.3) is 0 Å². The van der Waals surface area contributed by atoms with Crippen LogP contribution in [0.15, 0.2) is 6.20 Å². The summed E-state index contributed by atoms with van der Waals surface area (Å²) < 4.78 is 54.0. The number of alkyl halides is 4. The van der Waals surface area contributed by atoms with E-state index in [1.165, 1.54) is 17.9 Å². The van der Waals surface area contributed by atoms with Crippen molar-refractivity contribution in [3.63, 3.8) is 0 Å². The summed E-state index contributed by atoms with van der Waals surface area (Å²) in [5.41, 5.74) is 0.241. The van der Waals surface area contributed by atoms with E-state index in [0.717, 1.165) is 0 Å². The van der Waals surface area contributed by atoms with E-state index in [1.807, 2.05) is 0 Å². The number of aryl methyl sites for hydroxylation is 1. The van der Waals surface area contributed by atoms with Crippen LogP contribution < -0.4 is 0 Å². The molecular weight excluding hydrogens is 246 g/mol. The molecule has 1 heterocycles. The normalized spacial score (nSPS) is 14.3. The lowest BCUT2D eigenvalue weighted by molar-refractivity contribution is -0.171. The molecule has 17 heavy (non-hydrogen) atoms. The van der Waals surface area contributed by atoms with Gasteiger partial charge in [0.2, 0.25) is 0 Å². The third-order valence-corrected chi connectivity index (χ3v) is 1.98. The molecule has 1 atom stereocenters. The van der Waals surface area contributed by atoms with Gasteiger partial charge < -0.3 is 9.84 Å². The predicted molar refractivity (Wildman–Crippen MR) is 47.7 cm³/mol.